The van der Waals surface area contributed by atoms with Crippen molar-refractivity contribution < 1.29 is 4.52 Å². The van der Waals surface area contributed by atoms with Crippen molar-refractivity contribution in [3.05, 3.63) is 26.9 Å². The van der Waals surface area contributed by atoms with Gasteiger partial charge in [-0.2, -0.15) is 4.98 Å². The van der Waals surface area contributed by atoms with E-state index >= 15 is 0 Å². The maximum absolute atomic E-state index is 6.08. The van der Waals surface area contributed by atoms with Gasteiger partial charge in [0.25, 0.3) is 5.89 Å². The normalized spacial score (nSPS) is 16.5. The molecule has 0 atom stereocenters. The molecule has 0 amide bonds. The summed E-state index contributed by atoms with van der Waals surface area (Å²) < 4.78 is 7.15. The van der Waals surface area contributed by atoms with Crippen LogP contribution < -0.4 is 5.73 Å². The molecule has 3 rings (SSSR count). The van der Waals surface area contributed by atoms with Gasteiger partial charge in [-0.3, -0.25) is 0 Å². The predicted molar refractivity (Wildman–Crippen MR) is 85.4 cm³/mol. The highest BCUT2D eigenvalue weighted by Crippen LogP contribution is 2.36. The average molecular weight is 401 g/mol. The number of anilines is 1. The lowest BCUT2D eigenvalue weighted by Crippen LogP contribution is -2.06. The van der Waals surface area contributed by atoms with Gasteiger partial charge in [-0.25, -0.2) is 0 Å². The van der Waals surface area contributed by atoms with E-state index in [2.05, 4.69) is 42.0 Å². The molecule has 0 radical (unpaired) electrons. The smallest absolute Gasteiger partial charge is 0.260 e. The van der Waals surface area contributed by atoms with Crippen LogP contribution in [0.25, 0.3) is 11.5 Å². The van der Waals surface area contributed by atoms with Crippen LogP contribution in [-0.2, 0) is 0 Å². The van der Waals surface area contributed by atoms with Crippen LogP contribution in [0, 0.1) is 0 Å². The van der Waals surface area contributed by atoms with E-state index in [0.717, 1.165) is 33.2 Å². The van der Waals surface area contributed by atoms with Crippen molar-refractivity contribution in [2.75, 3.05) is 5.73 Å². The first-order valence-corrected chi connectivity index (χ1v) is 8.32. The van der Waals surface area contributed by atoms with E-state index in [1.807, 2.05) is 12.1 Å². The molecule has 6 heteroatoms. The zero-order valence-corrected chi connectivity index (χ0v) is 14.1. The summed E-state index contributed by atoms with van der Waals surface area (Å²) in [5.74, 6) is 1.73. The molecule has 2 aromatic rings. The van der Waals surface area contributed by atoms with Gasteiger partial charge in [0, 0.05) is 14.9 Å². The Morgan fingerprint density at radius 1 is 1.15 bits per heavy atom. The fourth-order valence-electron chi connectivity index (χ4n) is 2.63. The van der Waals surface area contributed by atoms with Crippen LogP contribution >= 0.6 is 31.9 Å². The Bertz CT molecular complexity index is 621. The molecule has 1 aliphatic rings. The van der Waals surface area contributed by atoms with Gasteiger partial charge in [0.1, 0.15) is 0 Å². The SMILES string of the molecule is Nc1c(Br)cc(Br)cc1-c1nc(C2CCCCC2)no1. The molecular weight excluding hydrogens is 386 g/mol. The Labute approximate surface area is 134 Å². The summed E-state index contributed by atoms with van der Waals surface area (Å²) in [4.78, 5) is 4.55. The molecule has 0 aliphatic heterocycles. The Kier molecular flexibility index (Phi) is 4.12. The van der Waals surface area contributed by atoms with Gasteiger partial charge < -0.3 is 10.3 Å². The standard InChI is InChI=1S/C14H15Br2N3O/c15-9-6-10(12(17)11(16)7-9)14-18-13(19-20-14)8-4-2-1-3-5-8/h6-8H,1-5,17H2. The minimum Gasteiger partial charge on any atom is -0.397 e. The largest absolute Gasteiger partial charge is 0.397 e. The summed E-state index contributed by atoms with van der Waals surface area (Å²) in [6, 6.07) is 3.80. The highest BCUT2D eigenvalue weighted by Gasteiger charge is 2.22. The number of halogens is 2. The summed E-state index contributed by atoms with van der Waals surface area (Å²) >= 11 is 6.89. The zero-order valence-electron chi connectivity index (χ0n) is 10.9. The molecule has 0 bridgehead atoms. The Hall–Kier alpha value is -0.880. The molecule has 1 aromatic heterocycles. The summed E-state index contributed by atoms with van der Waals surface area (Å²) in [6.45, 7) is 0. The van der Waals surface area contributed by atoms with E-state index < -0.39 is 0 Å². The number of nitrogens with two attached hydrogens (primary N) is 1. The van der Waals surface area contributed by atoms with E-state index in [1.165, 1.54) is 19.3 Å². The van der Waals surface area contributed by atoms with Crippen molar-refractivity contribution in [1.82, 2.24) is 10.1 Å². The molecule has 4 nitrogen and oxygen atoms in total. The number of benzene rings is 1. The first-order chi connectivity index (χ1) is 9.65. The number of rotatable bonds is 2. The van der Waals surface area contributed by atoms with Gasteiger partial charge in [0.05, 0.1) is 11.3 Å². The van der Waals surface area contributed by atoms with Gasteiger partial charge in [-0.1, -0.05) is 40.3 Å². The van der Waals surface area contributed by atoms with Crippen LogP contribution in [0.5, 0.6) is 0 Å². The molecule has 20 heavy (non-hydrogen) atoms. The first kappa shape index (κ1) is 14.1. The van der Waals surface area contributed by atoms with Crippen molar-refractivity contribution in [2.45, 2.75) is 38.0 Å². The third-order valence-corrected chi connectivity index (χ3v) is 4.85. The molecule has 2 N–H and O–H groups in total. The lowest BCUT2D eigenvalue weighted by atomic mass is 9.89. The van der Waals surface area contributed by atoms with E-state index in [9.17, 15) is 0 Å². The fourth-order valence-corrected chi connectivity index (χ4v) is 3.86. The highest BCUT2D eigenvalue weighted by molar-refractivity contribution is 9.11. The molecule has 0 saturated heterocycles. The van der Waals surface area contributed by atoms with Crippen molar-refractivity contribution in [1.29, 1.82) is 0 Å². The predicted octanol–water partition coefficient (Wildman–Crippen LogP) is 4.89. The number of nitrogens with zero attached hydrogens (tertiary/aromatic N) is 2. The van der Waals surface area contributed by atoms with Crippen LogP contribution in [0.4, 0.5) is 5.69 Å². The van der Waals surface area contributed by atoms with Crippen LogP contribution in [0.15, 0.2) is 25.6 Å². The van der Waals surface area contributed by atoms with E-state index in [1.54, 1.807) is 0 Å². The van der Waals surface area contributed by atoms with Crippen molar-refractivity contribution >= 4 is 37.5 Å². The van der Waals surface area contributed by atoms with Gasteiger partial charge >= 0.3 is 0 Å². The quantitative estimate of drug-likeness (QED) is 0.728. The van der Waals surface area contributed by atoms with Crippen molar-refractivity contribution in [3.63, 3.8) is 0 Å². The van der Waals surface area contributed by atoms with Gasteiger partial charge in [-0.15, -0.1) is 0 Å². The summed E-state index contributed by atoms with van der Waals surface area (Å²) in [5, 5.41) is 4.14. The second-order valence-electron chi connectivity index (χ2n) is 5.14. The lowest BCUT2D eigenvalue weighted by Gasteiger charge is -2.17. The first-order valence-electron chi connectivity index (χ1n) is 6.73. The van der Waals surface area contributed by atoms with Crippen molar-refractivity contribution in [2.24, 2.45) is 0 Å². The Morgan fingerprint density at radius 2 is 1.90 bits per heavy atom. The summed E-state index contributed by atoms with van der Waals surface area (Å²) in [7, 11) is 0. The fraction of sp³-hybridized carbons (Fsp3) is 0.429. The Balaban J connectivity index is 1.93. The third-order valence-electron chi connectivity index (χ3n) is 3.74. The monoisotopic (exact) mass is 399 g/mol. The summed E-state index contributed by atoms with van der Waals surface area (Å²) in [6.07, 6.45) is 6.11. The van der Waals surface area contributed by atoms with E-state index in [-0.39, 0.29) is 0 Å². The van der Waals surface area contributed by atoms with Crippen LogP contribution in [-0.4, -0.2) is 10.1 Å². The van der Waals surface area contributed by atoms with Crippen LogP contribution in [0.2, 0.25) is 0 Å². The van der Waals surface area contributed by atoms with Gasteiger partial charge in [0.2, 0.25) is 0 Å². The molecule has 1 heterocycles. The number of aromatic nitrogens is 2. The number of hydrogen-bond acceptors (Lipinski definition) is 4. The highest BCUT2D eigenvalue weighted by atomic mass is 79.9. The van der Waals surface area contributed by atoms with Gasteiger partial charge in [-0.05, 0) is 40.9 Å². The maximum atomic E-state index is 6.08. The Morgan fingerprint density at radius 3 is 2.65 bits per heavy atom. The minimum absolute atomic E-state index is 0.429. The minimum atomic E-state index is 0.429. The van der Waals surface area contributed by atoms with Crippen LogP contribution in [0.1, 0.15) is 43.8 Å². The molecular formula is C14H15Br2N3O. The third kappa shape index (κ3) is 2.76. The molecule has 0 spiro atoms. The van der Waals surface area contributed by atoms with Crippen LogP contribution in [0.3, 0.4) is 0 Å². The molecule has 0 unspecified atom stereocenters. The lowest BCUT2D eigenvalue weighted by molar-refractivity contribution is 0.385. The maximum Gasteiger partial charge on any atom is 0.260 e. The second-order valence-corrected chi connectivity index (χ2v) is 6.91. The molecule has 1 saturated carbocycles. The average Bonchev–Trinajstić information content (AvgIpc) is 2.93. The number of nitrogen functional groups attached to an aromatic ring is 1. The van der Waals surface area contributed by atoms with Crippen molar-refractivity contribution in [3.8, 4) is 11.5 Å². The summed E-state index contributed by atoms with van der Waals surface area (Å²) in [5.41, 5.74) is 7.46. The molecule has 106 valence electrons. The molecule has 1 aliphatic carbocycles. The van der Waals surface area contributed by atoms with E-state index in [0.29, 0.717) is 17.5 Å². The topological polar surface area (TPSA) is 64.9 Å². The molecule has 1 fully saturated rings. The van der Waals surface area contributed by atoms with Gasteiger partial charge in [0.15, 0.2) is 5.82 Å². The number of hydrogen-bond donors (Lipinski definition) is 1. The second kappa shape index (κ2) is 5.85. The van der Waals surface area contributed by atoms with E-state index in [4.69, 9.17) is 10.3 Å². The zero-order chi connectivity index (χ0) is 14.1. The molecule has 1 aromatic carbocycles.